The van der Waals surface area contributed by atoms with Crippen molar-refractivity contribution < 1.29 is 9.59 Å². The number of hydrogen-bond donors (Lipinski definition) is 3. The highest BCUT2D eigenvalue weighted by Crippen LogP contribution is 2.30. The van der Waals surface area contributed by atoms with Gasteiger partial charge in [-0.25, -0.2) is 9.78 Å². The van der Waals surface area contributed by atoms with E-state index in [2.05, 4.69) is 15.6 Å². The number of aromatic nitrogens is 1. The molecule has 24 heavy (non-hydrogen) atoms. The number of rotatable bonds is 5. The lowest BCUT2D eigenvalue weighted by Crippen LogP contribution is -2.35. The molecular formula is C17H20N4O2S. The molecule has 7 heteroatoms. The van der Waals surface area contributed by atoms with E-state index in [1.54, 1.807) is 0 Å². The van der Waals surface area contributed by atoms with Gasteiger partial charge in [-0.3, -0.25) is 4.79 Å². The van der Waals surface area contributed by atoms with Crippen molar-refractivity contribution in [2.45, 2.75) is 38.6 Å². The quantitative estimate of drug-likeness (QED) is 0.778. The molecule has 1 aromatic carbocycles. The molecule has 0 saturated heterocycles. The van der Waals surface area contributed by atoms with E-state index in [1.807, 2.05) is 31.2 Å². The van der Waals surface area contributed by atoms with Crippen LogP contribution in [-0.4, -0.2) is 16.9 Å². The standard InChI is InChI=1S/C17H20N4O2S/c1-10-5-2-3-6-11(10)13(19-16(18)23)9-15(22)21-17-20-12-7-4-8-14(12)24-17/h2-3,5-6,13H,4,7-9H2,1H3,(H3,18,19,23)(H,20,21,22)/t13-/m1/s1. The lowest BCUT2D eigenvalue weighted by atomic mass is 9.98. The van der Waals surface area contributed by atoms with Crippen molar-refractivity contribution in [3.63, 3.8) is 0 Å². The number of aryl methyl sites for hydroxylation is 3. The van der Waals surface area contributed by atoms with Gasteiger partial charge in [-0.15, -0.1) is 11.3 Å². The number of nitrogens with one attached hydrogen (secondary N) is 2. The minimum Gasteiger partial charge on any atom is -0.352 e. The van der Waals surface area contributed by atoms with Crippen LogP contribution in [0, 0.1) is 6.92 Å². The fourth-order valence-corrected chi connectivity index (χ4v) is 4.05. The maximum atomic E-state index is 12.4. The monoisotopic (exact) mass is 344 g/mol. The molecule has 1 atom stereocenters. The maximum absolute atomic E-state index is 12.4. The van der Waals surface area contributed by atoms with E-state index in [0.29, 0.717) is 5.13 Å². The summed E-state index contributed by atoms with van der Waals surface area (Å²) < 4.78 is 0. The average Bonchev–Trinajstić information content (AvgIpc) is 3.07. The molecular weight excluding hydrogens is 324 g/mol. The number of nitrogens with zero attached hydrogens (tertiary/aromatic N) is 1. The van der Waals surface area contributed by atoms with Crippen molar-refractivity contribution in [1.29, 1.82) is 0 Å². The van der Waals surface area contributed by atoms with E-state index < -0.39 is 12.1 Å². The number of amides is 3. The second-order valence-corrected chi connectivity index (χ2v) is 7.00. The van der Waals surface area contributed by atoms with Gasteiger partial charge in [-0.05, 0) is 37.3 Å². The van der Waals surface area contributed by atoms with E-state index in [-0.39, 0.29) is 12.3 Å². The van der Waals surface area contributed by atoms with Crippen LogP contribution in [0.5, 0.6) is 0 Å². The minimum atomic E-state index is -0.649. The second kappa shape index (κ2) is 7.00. The Morgan fingerprint density at radius 2 is 2.12 bits per heavy atom. The zero-order chi connectivity index (χ0) is 17.1. The highest BCUT2D eigenvalue weighted by Gasteiger charge is 2.21. The Bertz CT molecular complexity index is 750. The first-order valence-corrected chi connectivity index (χ1v) is 8.74. The third-order valence-electron chi connectivity index (χ3n) is 4.11. The normalized spacial score (nSPS) is 14.0. The number of thiazole rings is 1. The molecule has 4 N–H and O–H groups in total. The Morgan fingerprint density at radius 1 is 1.33 bits per heavy atom. The summed E-state index contributed by atoms with van der Waals surface area (Å²) >= 11 is 1.54. The number of fused-ring (bicyclic) bond motifs is 1. The number of carbonyl (C=O) groups excluding carboxylic acids is 2. The number of anilines is 1. The van der Waals surface area contributed by atoms with Crippen molar-refractivity contribution >= 4 is 28.4 Å². The summed E-state index contributed by atoms with van der Waals surface area (Å²) in [6, 6.07) is 6.51. The molecule has 0 unspecified atom stereocenters. The molecule has 6 nitrogen and oxygen atoms in total. The highest BCUT2D eigenvalue weighted by molar-refractivity contribution is 7.15. The number of carbonyl (C=O) groups is 2. The predicted molar refractivity (Wildman–Crippen MR) is 94.0 cm³/mol. The van der Waals surface area contributed by atoms with Gasteiger partial charge in [-0.1, -0.05) is 24.3 Å². The van der Waals surface area contributed by atoms with Crippen molar-refractivity contribution in [2.24, 2.45) is 5.73 Å². The van der Waals surface area contributed by atoms with Crippen LogP contribution in [0.2, 0.25) is 0 Å². The number of primary amides is 1. The molecule has 0 fully saturated rings. The Labute approximate surface area is 144 Å². The second-order valence-electron chi connectivity index (χ2n) is 5.91. The Hall–Kier alpha value is -2.41. The molecule has 2 aromatic rings. The minimum absolute atomic E-state index is 0.109. The lowest BCUT2D eigenvalue weighted by Gasteiger charge is -2.19. The molecule has 0 radical (unpaired) electrons. The van der Waals surface area contributed by atoms with E-state index in [0.717, 1.165) is 36.1 Å². The van der Waals surface area contributed by atoms with Gasteiger partial charge >= 0.3 is 6.03 Å². The molecule has 1 aliphatic rings. The van der Waals surface area contributed by atoms with Crippen LogP contribution in [0.3, 0.4) is 0 Å². The third-order valence-corrected chi connectivity index (χ3v) is 5.18. The summed E-state index contributed by atoms with van der Waals surface area (Å²) in [7, 11) is 0. The van der Waals surface area contributed by atoms with Crippen LogP contribution in [0.25, 0.3) is 0 Å². The lowest BCUT2D eigenvalue weighted by molar-refractivity contribution is -0.116. The van der Waals surface area contributed by atoms with Crippen LogP contribution in [-0.2, 0) is 17.6 Å². The van der Waals surface area contributed by atoms with Gasteiger partial charge in [0.2, 0.25) is 5.91 Å². The first kappa shape index (κ1) is 16.4. The first-order valence-electron chi connectivity index (χ1n) is 7.93. The topological polar surface area (TPSA) is 97.1 Å². The molecule has 1 aliphatic carbocycles. The number of urea groups is 1. The largest absolute Gasteiger partial charge is 0.352 e. The highest BCUT2D eigenvalue weighted by atomic mass is 32.1. The summed E-state index contributed by atoms with van der Waals surface area (Å²) in [5, 5.41) is 6.13. The van der Waals surface area contributed by atoms with E-state index in [4.69, 9.17) is 5.73 Å². The third kappa shape index (κ3) is 3.73. The summed E-state index contributed by atoms with van der Waals surface area (Å²) in [6.45, 7) is 1.94. The van der Waals surface area contributed by atoms with Crippen molar-refractivity contribution in [3.05, 3.63) is 46.0 Å². The Morgan fingerprint density at radius 3 is 2.83 bits per heavy atom. The van der Waals surface area contributed by atoms with Gasteiger partial charge in [-0.2, -0.15) is 0 Å². The summed E-state index contributed by atoms with van der Waals surface area (Å²) in [6.07, 6.45) is 3.27. The maximum Gasteiger partial charge on any atom is 0.312 e. The molecule has 0 bridgehead atoms. The van der Waals surface area contributed by atoms with Gasteiger partial charge in [0.15, 0.2) is 5.13 Å². The van der Waals surface area contributed by atoms with Crippen LogP contribution in [0.1, 0.15) is 40.6 Å². The molecule has 1 heterocycles. The zero-order valence-electron chi connectivity index (χ0n) is 13.5. The zero-order valence-corrected chi connectivity index (χ0v) is 14.3. The number of benzene rings is 1. The molecule has 1 aromatic heterocycles. The smallest absolute Gasteiger partial charge is 0.312 e. The van der Waals surface area contributed by atoms with E-state index >= 15 is 0 Å². The van der Waals surface area contributed by atoms with Gasteiger partial charge < -0.3 is 16.4 Å². The van der Waals surface area contributed by atoms with Crippen LogP contribution in [0.4, 0.5) is 9.93 Å². The summed E-state index contributed by atoms with van der Waals surface area (Å²) in [5.74, 6) is -0.190. The average molecular weight is 344 g/mol. The molecule has 3 amide bonds. The van der Waals surface area contributed by atoms with Crippen LogP contribution in [0.15, 0.2) is 24.3 Å². The summed E-state index contributed by atoms with van der Waals surface area (Å²) in [5.41, 5.74) is 8.24. The SMILES string of the molecule is Cc1ccccc1[C@@H](CC(=O)Nc1nc2c(s1)CCC2)NC(N)=O. The predicted octanol–water partition coefficient (Wildman–Crippen LogP) is 2.68. The molecule has 0 saturated carbocycles. The van der Waals surface area contributed by atoms with Gasteiger partial charge in [0.05, 0.1) is 18.2 Å². The Kier molecular flexibility index (Phi) is 4.80. The summed E-state index contributed by atoms with van der Waals surface area (Å²) in [4.78, 5) is 29.4. The molecule has 0 spiro atoms. The van der Waals surface area contributed by atoms with Crippen molar-refractivity contribution in [2.75, 3.05) is 5.32 Å². The molecule has 3 rings (SSSR count). The van der Waals surface area contributed by atoms with E-state index in [9.17, 15) is 9.59 Å². The van der Waals surface area contributed by atoms with Crippen molar-refractivity contribution in [3.8, 4) is 0 Å². The fourth-order valence-electron chi connectivity index (χ4n) is 2.99. The van der Waals surface area contributed by atoms with Crippen LogP contribution < -0.4 is 16.4 Å². The molecule has 0 aliphatic heterocycles. The number of nitrogens with two attached hydrogens (primary N) is 1. The molecule has 126 valence electrons. The van der Waals surface area contributed by atoms with Gasteiger partial charge in [0, 0.05) is 4.88 Å². The first-order chi connectivity index (χ1) is 11.5. The van der Waals surface area contributed by atoms with Crippen LogP contribution >= 0.6 is 11.3 Å². The van der Waals surface area contributed by atoms with E-state index in [1.165, 1.54) is 16.2 Å². The van der Waals surface area contributed by atoms with Gasteiger partial charge in [0.25, 0.3) is 0 Å². The van der Waals surface area contributed by atoms with Crippen molar-refractivity contribution in [1.82, 2.24) is 10.3 Å². The Balaban J connectivity index is 1.70. The van der Waals surface area contributed by atoms with Gasteiger partial charge in [0.1, 0.15) is 0 Å². The number of hydrogen-bond acceptors (Lipinski definition) is 4. The fraction of sp³-hybridized carbons (Fsp3) is 0.353.